The van der Waals surface area contributed by atoms with Crippen molar-refractivity contribution in [3.63, 3.8) is 0 Å². The van der Waals surface area contributed by atoms with Crippen LogP contribution in [0.25, 0.3) is 11.1 Å². The molecule has 67 heavy (non-hydrogen) atoms. The van der Waals surface area contributed by atoms with Crippen LogP contribution in [0.15, 0.2) is 114 Å². The highest BCUT2D eigenvalue weighted by molar-refractivity contribution is 9.10. The fraction of sp³-hybridized carbons (Fsp3) is 0.400. The molecule has 12 heteroatoms. The van der Waals surface area contributed by atoms with Crippen LogP contribution < -0.4 is 28.7 Å². The third-order valence-corrected chi connectivity index (χ3v) is 14.0. The van der Waals surface area contributed by atoms with E-state index in [-0.39, 0.29) is 11.8 Å². The van der Waals surface area contributed by atoms with Crippen molar-refractivity contribution < 1.29 is 28.5 Å². The van der Waals surface area contributed by atoms with Crippen LogP contribution in [0.4, 0.5) is 11.4 Å². The van der Waals surface area contributed by atoms with Crippen molar-refractivity contribution in [2.45, 2.75) is 63.5 Å². The molecule has 350 valence electrons. The molecular formula is C55H62BrN5O6. The van der Waals surface area contributed by atoms with Crippen LogP contribution in [-0.2, 0) is 0 Å². The Hall–Kier alpha value is -5.87. The second kappa shape index (κ2) is 22.3. The average molecular weight is 969 g/mol. The van der Waals surface area contributed by atoms with Crippen molar-refractivity contribution in [1.29, 1.82) is 5.26 Å². The van der Waals surface area contributed by atoms with Crippen LogP contribution in [-0.4, -0.2) is 101 Å². The molecule has 2 saturated heterocycles. The SMILES string of the molecule is COc1ccc(C(=O)N(CC2CCCN2CC2CC2)c2cccc(-c3cccc(C#N)c3)c2)cc1OC.COc1ccc(C(=O)N(CC2CCCN2CC2CC2)c2cccc(Br)c2)cc1OC. The first-order valence-corrected chi connectivity index (χ1v) is 24.4. The molecule has 2 atom stereocenters. The normalized spacial score (nSPS) is 18.0. The first kappa shape index (κ1) is 47.6. The van der Waals surface area contributed by atoms with E-state index >= 15 is 0 Å². The fourth-order valence-electron chi connectivity index (χ4n) is 9.50. The number of hydrogen-bond acceptors (Lipinski definition) is 9. The van der Waals surface area contributed by atoms with Gasteiger partial charge in [0.05, 0.1) is 40.1 Å². The predicted octanol–water partition coefficient (Wildman–Crippen LogP) is 10.8. The number of carbonyl (C=O) groups is 2. The smallest absolute Gasteiger partial charge is 0.258 e. The van der Waals surface area contributed by atoms with Gasteiger partial charge in [0.1, 0.15) is 0 Å². The number of nitrogens with zero attached hydrogens (tertiary/aromatic N) is 5. The van der Waals surface area contributed by atoms with Gasteiger partial charge in [-0.2, -0.15) is 5.26 Å². The molecule has 2 saturated carbocycles. The van der Waals surface area contributed by atoms with E-state index in [1.165, 1.54) is 38.6 Å². The highest BCUT2D eigenvalue weighted by atomic mass is 79.9. The molecule has 4 fully saturated rings. The van der Waals surface area contributed by atoms with Gasteiger partial charge in [-0.05, 0) is 166 Å². The van der Waals surface area contributed by atoms with Gasteiger partial charge in [0.15, 0.2) is 23.0 Å². The van der Waals surface area contributed by atoms with Crippen LogP contribution in [0.5, 0.6) is 23.0 Å². The molecule has 0 aromatic heterocycles. The molecule has 4 aliphatic rings. The number of methoxy groups -OCH3 is 4. The number of halogens is 1. The van der Waals surface area contributed by atoms with E-state index in [2.05, 4.69) is 37.9 Å². The quantitative estimate of drug-likeness (QED) is 0.0900. The highest BCUT2D eigenvalue weighted by Crippen LogP contribution is 2.37. The molecular weight excluding hydrogens is 907 g/mol. The van der Waals surface area contributed by atoms with Gasteiger partial charge in [-0.1, -0.05) is 46.3 Å². The number of rotatable bonds is 17. The number of benzene rings is 5. The van der Waals surface area contributed by atoms with Crippen LogP contribution in [0, 0.1) is 23.2 Å². The lowest BCUT2D eigenvalue weighted by Crippen LogP contribution is -2.44. The van der Waals surface area contributed by atoms with Crippen molar-refractivity contribution in [1.82, 2.24) is 9.80 Å². The monoisotopic (exact) mass is 967 g/mol. The van der Waals surface area contributed by atoms with E-state index in [9.17, 15) is 14.9 Å². The lowest BCUT2D eigenvalue weighted by atomic mass is 10.0. The Labute approximate surface area is 404 Å². The molecule has 0 bridgehead atoms. The van der Waals surface area contributed by atoms with E-state index < -0.39 is 0 Å². The molecule has 2 aliphatic heterocycles. The first-order valence-electron chi connectivity index (χ1n) is 23.6. The van der Waals surface area contributed by atoms with Gasteiger partial charge in [-0.25, -0.2) is 0 Å². The van der Waals surface area contributed by atoms with Gasteiger partial charge < -0.3 is 28.7 Å². The Morgan fingerprint density at radius 2 is 1.04 bits per heavy atom. The minimum absolute atomic E-state index is 0.0210. The summed E-state index contributed by atoms with van der Waals surface area (Å²) in [5.41, 5.74) is 5.44. The zero-order valence-corrected chi connectivity index (χ0v) is 40.8. The Kier molecular flexibility index (Phi) is 15.8. The Bertz CT molecular complexity index is 2560. The molecule has 2 aliphatic carbocycles. The topological polar surface area (TPSA) is 108 Å². The molecule has 0 spiro atoms. The zero-order valence-electron chi connectivity index (χ0n) is 39.2. The summed E-state index contributed by atoms with van der Waals surface area (Å²) in [6, 6.07) is 37.2. The average Bonchev–Trinajstić information content (AvgIpc) is 4.29. The zero-order chi connectivity index (χ0) is 46.9. The number of ether oxygens (including phenoxy) is 4. The van der Waals surface area contributed by atoms with Gasteiger partial charge in [0.25, 0.3) is 11.8 Å². The molecule has 5 aromatic carbocycles. The lowest BCUT2D eigenvalue weighted by Gasteiger charge is -2.31. The van der Waals surface area contributed by atoms with Crippen LogP contribution in [0.3, 0.4) is 0 Å². The van der Waals surface area contributed by atoms with Gasteiger partial charge >= 0.3 is 0 Å². The summed E-state index contributed by atoms with van der Waals surface area (Å²) >= 11 is 3.56. The number of amides is 2. The molecule has 0 N–H and O–H groups in total. The highest BCUT2D eigenvalue weighted by Gasteiger charge is 2.35. The third kappa shape index (κ3) is 12.0. The van der Waals surface area contributed by atoms with Gasteiger partial charge in [0.2, 0.25) is 0 Å². The number of anilines is 2. The Morgan fingerprint density at radius 1 is 0.582 bits per heavy atom. The summed E-state index contributed by atoms with van der Waals surface area (Å²) in [4.78, 5) is 36.7. The first-order chi connectivity index (χ1) is 32.7. The maximum Gasteiger partial charge on any atom is 0.258 e. The summed E-state index contributed by atoms with van der Waals surface area (Å²) in [5.74, 6) is 3.89. The minimum atomic E-state index is -0.0675. The second-order valence-corrected chi connectivity index (χ2v) is 19.1. The Morgan fingerprint density at radius 3 is 1.51 bits per heavy atom. The Balaban J connectivity index is 0.000000186. The summed E-state index contributed by atoms with van der Waals surface area (Å²) in [6.45, 7) is 5.85. The summed E-state index contributed by atoms with van der Waals surface area (Å²) < 4.78 is 22.6. The van der Waals surface area contributed by atoms with Gasteiger partial charge in [-0.15, -0.1) is 0 Å². The summed E-state index contributed by atoms with van der Waals surface area (Å²) in [6.07, 6.45) is 9.93. The summed E-state index contributed by atoms with van der Waals surface area (Å²) in [5, 5.41) is 9.35. The van der Waals surface area contributed by atoms with E-state index in [0.29, 0.717) is 64.9 Å². The largest absolute Gasteiger partial charge is 0.493 e. The number of hydrogen-bond donors (Lipinski definition) is 0. The number of nitriles is 1. The molecule has 2 amide bonds. The molecule has 2 unspecified atom stereocenters. The van der Waals surface area contributed by atoms with Gasteiger partial charge in [0, 0.05) is 65.2 Å². The van der Waals surface area contributed by atoms with E-state index in [0.717, 1.165) is 77.7 Å². The summed E-state index contributed by atoms with van der Waals surface area (Å²) in [7, 11) is 6.36. The van der Waals surface area contributed by atoms with Crippen molar-refractivity contribution >= 4 is 39.1 Å². The van der Waals surface area contributed by atoms with Crippen LogP contribution >= 0.6 is 15.9 Å². The van der Waals surface area contributed by atoms with E-state index in [4.69, 9.17) is 18.9 Å². The van der Waals surface area contributed by atoms with Gasteiger partial charge in [-0.3, -0.25) is 19.4 Å². The van der Waals surface area contributed by atoms with Crippen LogP contribution in [0.2, 0.25) is 0 Å². The number of likely N-dealkylation sites (tertiary alicyclic amines) is 2. The van der Waals surface area contributed by atoms with E-state index in [1.807, 2.05) is 76.5 Å². The molecule has 2 heterocycles. The third-order valence-electron chi connectivity index (χ3n) is 13.5. The van der Waals surface area contributed by atoms with Crippen LogP contribution in [0.1, 0.15) is 77.6 Å². The van der Waals surface area contributed by atoms with Crippen molar-refractivity contribution in [3.8, 4) is 40.2 Å². The second-order valence-electron chi connectivity index (χ2n) is 18.2. The maximum absolute atomic E-state index is 14.1. The van der Waals surface area contributed by atoms with Crippen molar-refractivity contribution in [2.24, 2.45) is 11.8 Å². The maximum atomic E-state index is 14.1. The molecule has 5 aromatic rings. The van der Waals surface area contributed by atoms with E-state index in [1.54, 1.807) is 64.8 Å². The number of carbonyl (C=O) groups excluding carboxylic acids is 2. The predicted molar refractivity (Wildman–Crippen MR) is 268 cm³/mol. The van der Waals surface area contributed by atoms with Crippen molar-refractivity contribution in [3.05, 3.63) is 130 Å². The standard InChI is InChI=1S/C31H33N3O3.C24H29BrN2O3/c1-36-29-14-13-26(18-30(29)37-2)31(35)34(21-28-10-5-15-33(28)20-22-11-12-22)27-9-4-8-25(17-27)24-7-3-6-23(16-24)19-32;1-29-22-11-10-18(13-23(22)30-2)24(28)27(20-6-3-5-19(25)14-20)16-21-7-4-12-26(21)15-17-8-9-17/h3-4,6-9,13-14,16-18,22,28H,5,10-12,15,20-21H2,1-2H3;3,5-6,10-11,13-14,17,21H,4,7-9,12,15-16H2,1-2H3. The van der Waals surface area contributed by atoms with Crippen molar-refractivity contribution in [2.75, 3.05) is 77.5 Å². The molecule has 11 nitrogen and oxygen atoms in total. The fourth-order valence-corrected chi connectivity index (χ4v) is 9.88. The lowest BCUT2D eigenvalue weighted by molar-refractivity contribution is 0.0970. The molecule has 0 radical (unpaired) electrons. The minimum Gasteiger partial charge on any atom is -0.493 e. The molecule has 9 rings (SSSR count).